The predicted molar refractivity (Wildman–Crippen MR) is 105 cm³/mol. The Balaban J connectivity index is 1.83. The molecule has 1 N–H and O–H groups in total. The SMILES string of the molecule is Cc1ccc(-n2nc(-c3ccc(N(C)C)cc3)c3c2NCC3)c(C)c1. The minimum Gasteiger partial charge on any atom is -0.378 e. The summed E-state index contributed by atoms with van der Waals surface area (Å²) < 4.78 is 2.08. The third kappa shape index (κ3) is 2.68. The molecule has 4 nitrogen and oxygen atoms in total. The number of aromatic nitrogens is 2. The number of benzene rings is 2. The van der Waals surface area contributed by atoms with Crippen molar-refractivity contribution in [2.75, 3.05) is 30.9 Å². The summed E-state index contributed by atoms with van der Waals surface area (Å²) in [6, 6.07) is 15.2. The molecule has 0 atom stereocenters. The Labute approximate surface area is 149 Å². The van der Waals surface area contributed by atoms with E-state index in [1.165, 1.54) is 27.9 Å². The van der Waals surface area contributed by atoms with Crippen molar-refractivity contribution >= 4 is 11.5 Å². The van der Waals surface area contributed by atoms with Crippen LogP contribution in [-0.2, 0) is 6.42 Å². The number of nitrogens with zero attached hydrogens (tertiary/aromatic N) is 3. The molecule has 3 aromatic rings. The molecule has 1 aliphatic rings. The van der Waals surface area contributed by atoms with E-state index < -0.39 is 0 Å². The number of hydrogen-bond acceptors (Lipinski definition) is 3. The molecule has 4 rings (SSSR count). The molecule has 1 aliphatic heterocycles. The molecule has 128 valence electrons. The summed E-state index contributed by atoms with van der Waals surface area (Å²) in [4.78, 5) is 2.12. The monoisotopic (exact) mass is 332 g/mol. The lowest BCUT2D eigenvalue weighted by atomic mass is 10.1. The molecule has 0 bridgehead atoms. The minimum absolute atomic E-state index is 0.973. The number of rotatable bonds is 3. The van der Waals surface area contributed by atoms with Gasteiger partial charge in [0.15, 0.2) is 0 Å². The summed E-state index contributed by atoms with van der Waals surface area (Å²) in [5.74, 6) is 1.14. The summed E-state index contributed by atoms with van der Waals surface area (Å²) >= 11 is 0. The van der Waals surface area contributed by atoms with Crippen LogP contribution in [0.5, 0.6) is 0 Å². The van der Waals surface area contributed by atoms with Gasteiger partial charge in [0.05, 0.1) is 11.4 Å². The number of aryl methyl sites for hydroxylation is 2. The summed E-state index contributed by atoms with van der Waals surface area (Å²) in [7, 11) is 4.12. The molecular formula is C21H24N4. The van der Waals surface area contributed by atoms with Crippen LogP contribution >= 0.6 is 0 Å². The summed E-state index contributed by atoms with van der Waals surface area (Å²) in [6.07, 6.45) is 1.02. The van der Waals surface area contributed by atoms with Gasteiger partial charge in [-0.25, -0.2) is 4.68 Å². The van der Waals surface area contributed by atoms with Gasteiger partial charge in [-0.15, -0.1) is 0 Å². The van der Waals surface area contributed by atoms with Gasteiger partial charge >= 0.3 is 0 Å². The highest BCUT2D eigenvalue weighted by molar-refractivity contribution is 5.74. The highest BCUT2D eigenvalue weighted by Gasteiger charge is 2.24. The van der Waals surface area contributed by atoms with Crippen molar-refractivity contribution in [2.45, 2.75) is 20.3 Å². The van der Waals surface area contributed by atoms with Crippen LogP contribution in [-0.4, -0.2) is 30.4 Å². The second kappa shape index (κ2) is 5.96. The summed E-state index contributed by atoms with van der Waals surface area (Å²) in [5, 5.41) is 8.50. The van der Waals surface area contributed by atoms with Gasteiger partial charge in [-0.05, 0) is 44.0 Å². The molecule has 1 aromatic heterocycles. The zero-order valence-corrected chi connectivity index (χ0v) is 15.3. The van der Waals surface area contributed by atoms with E-state index in [1.807, 2.05) is 0 Å². The van der Waals surface area contributed by atoms with E-state index in [0.29, 0.717) is 0 Å². The van der Waals surface area contributed by atoms with Crippen molar-refractivity contribution in [3.63, 3.8) is 0 Å². The topological polar surface area (TPSA) is 33.1 Å². The Morgan fingerprint density at radius 2 is 1.80 bits per heavy atom. The first-order valence-corrected chi connectivity index (χ1v) is 8.76. The van der Waals surface area contributed by atoms with E-state index in [0.717, 1.165) is 30.2 Å². The Morgan fingerprint density at radius 3 is 2.48 bits per heavy atom. The van der Waals surface area contributed by atoms with Crippen molar-refractivity contribution in [3.05, 3.63) is 59.2 Å². The Hall–Kier alpha value is -2.75. The number of nitrogens with one attached hydrogen (secondary N) is 1. The number of hydrogen-bond donors (Lipinski definition) is 1. The molecule has 0 radical (unpaired) electrons. The lowest BCUT2D eigenvalue weighted by molar-refractivity contribution is 0.874. The molecule has 2 heterocycles. The van der Waals surface area contributed by atoms with Crippen molar-refractivity contribution in [3.8, 4) is 16.9 Å². The third-order valence-corrected chi connectivity index (χ3v) is 4.89. The van der Waals surface area contributed by atoms with E-state index in [2.05, 4.69) is 85.3 Å². The molecule has 0 saturated carbocycles. The molecule has 0 amide bonds. The van der Waals surface area contributed by atoms with E-state index in [9.17, 15) is 0 Å². The summed E-state index contributed by atoms with van der Waals surface area (Å²) in [5.41, 5.74) is 8.45. The highest BCUT2D eigenvalue weighted by atomic mass is 15.3. The molecule has 0 saturated heterocycles. The predicted octanol–water partition coefficient (Wildman–Crippen LogP) is 4.19. The minimum atomic E-state index is 0.973. The largest absolute Gasteiger partial charge is 0.378 e. The molecule has 25 heavy (non-hydrogen) atoms. The van der Waals surface area contributed by atoms with Gasteiger partial charge in [-0.1, -0.05) is 29.8 Å². The summed E-state index contributed by atoms with van der Waals surface area (Å²) in [6.45, 7) is 5.25. The maximum atomic E-state index is 4.98. The normalized spacial score (nSPS) is 12.8. The Kier molecular flexibility index (Phi) is 3.75. The van der Waals surface area contributed by atoms with Crippen molar-refractivity contribution in [1.29, 1.82) is 0 Å². The van der Waals surface area contributed by atoms with Crippen LogP contribution in [0.4, 0.5) is 11.5 Å². The number of fused-ring (bicyclic) bond motifs is 1. The fraction of sp³-hybridized carbons (Fsp3) is 0.286. The molecule has 0 fully saturated rings. The second-order valence-corrected chi connectivity index (χ2v) is 7.00. The first kappa shape index (κ1) is 15.8. The van der Waals surface area contributed by atoms with E-state index in [-0.39, 0.29) is 0 Å². The lowest BCUT2D eigenvalue weighted by Crippen LogP contribution is -2.08. The maximum Gasteiger partial charge on any atom is 0.133 e. The second-order valence-electron chi connectivity index (χ2n) is 7.00. The van der Waals surface area contributed by atoms with Gasteiger partial charge in [0, 0.05) is 37.5 Å². The molecule has 0 spiro atoms. The first-order chi connectivity index (χ1) is 12.0. The fourth-order valence-electron chi connectivity index (χ4n) is 3.54. The maximum absolute atomic E-state index is 4.98. The highest BCUT2D eigenvalue weighted by Crippen LogP contribution is 2.35. The van der Waals surface area contributed by atoms with Crippen molar-refractivity contribution in [2.24, 2.45) is 0 Å². The molecule has 0 aliphatic carbocycles. The van der Waals surface area contributed by atoms with Gasteiger partial charge < -0.3 is 10.2 Å². The van der Waals surface area contributed by atoms with E-state index >= 15 is 0 Å². The third-order valence-electron chi connectivity index (χ3n) is 4.89. The van der Waals surface area contributed by atoms with Crippen LogP contribution in [0.15, 0.2) is 42.5 Å². The average Bonchev–Trinajstić information content (AvgIpc) is 3.18. The molecule has 2 aromatic carbocycles. The van der Waals surface area contributed by atoms with Crippen molar-refractivity contribution < 1.29 is 0 Å². The van der Waals surface area contributed by atoms with E-state index in [1.54, 1.807) is 0 Å². The molecule has 0 unspecified atom stereocenters. The van der Waals surface area contributed by atoms with Gasteiger partial charge in [0.2, 0.25) is 0 Å². The van der Waals surface area contributed by atoms with Gasteiger partial charge in [-0.2, -0.15) is 5.10 Å². The van der Waals surface area contributed by atoms with Gasteiger partial charge in [-0.3, -0.25) is 0 Å². The zero-order chi connectivity index (χ0) is 17.6. The Bertz CT molecular complexity index is 920. The van der Waals surface area contributed by atoms with Crippen LogP contribution in [0.2, 0.25) is 0 Å². The first-order valence-electron chi connectivity index (χ1n) is 8.76. The Morgan fingerprint density at radius 1 is 1.04 bits per heavy atom. The number of anilines is 2. The standard InChI is InChI=1S/C21H24N4/c1-14-5-10-19(15(2)13-14)25-21-18(11-12-22-21)20(23-25)16-6-8-17(9-7-16)24(3)4/h5-10,13,22H,11-12H2,1-4H3. The van der Waals surface area contributed by atoms with Crippen LogP contribution in [0.3, 0.4) is 0 Å². The average molecular weight is 332 g/mol. The van der Waals surface area contributed by atoms with Crippen molar-refractivity contribution in [1.82, 2.24) is 9.78 Å². The van der Waals surface area contributed by atoms with Crippen LogP contribution in [0.25, 0.3) is 16.9 Å². The lowest BCUT2D eigenvalue weighted by Gasteiger charge is -2.12. The molecule has 4 heteroatoms. The zero-order valence-electron chi connectivity index (χ0n) is 15.3. The van der Waals surface area contributed by atoms with Gasteiger partial charge in [0.25, 0.3) is 0 Å². The van der Waals surface area contributed by atoms with Gasteiger partial charge in [0.1, 0.15) is 5.82 Å². The van der Waals surface area contributed by atoms with Crippen LogP contribution in [0.1, 0.15) is 16.7 Å². The van der Waals surface area contributed by atoms with Crippen LogP contribution < -0.4 is 10.2 Å². The van der Waals surface area contributed by atoms with Crippen LogP contribution in [0, 0.1) is 13.8 Å². The molecular weight excluding hydrogens is 308 g/mol. The smallest absolute Gasteiger partial charge is 0.133 e. The van der Waals surface area contributed by atoms with E-state index in [4.69, 9.17) is 5.10 Å². The quantitative estimate of drug-likeness (QED) is 0.781. The fourth-order valence-corrected chi connectivity index (χ4v) is 3.54.